The molecule has 6 aromatic rings. The highest BCUT2D eigenvalue weighted by Gasteiger charge is 2.42. The van der Waals surface area contributed by atoms with Crippen molar-refractivity contribution in [3.05, 3.63) is 90.5 Å². The Morgan fingerprint density at radius 1 is 0.593 bits per heavy atom. The molecule has 3 aromatic heterocycles. The quantitative estimate of drug-likeness (QED) is 0.0873. The van der Waals surface area contributed by atoms with Gasteiger partial charge in [0.05, 0.1) is 60.4 Å². The van der Waals surface area contributed by atoms with Crippen molar-refractivity contribution in [2.24, 2.45) is 22.9 Å². The lowest BCUT2D eigenvalue weighted by atomic mass is 9.85. The Labute approximate surface area is 309 Å². The van der Waals surface area contributed by atoms with Crippen LogP contribution in [-0.2, 0) is 22.7 Å². The van der Waals surface area contributed by atoms with Gasteiger partial charge in [-0.3, -0.25) is 0 Å². The van der Waals surface area contributed by atoms with Gasteiger partial charge >= 0.3 is 0 Å². The van der Waals surface area contributed by atoms with Crippen LogP contribution in [0.1, 0.15) is 24.2 Å². The Balaban J connectivity index is 1.06. The van der Waals surface area contributed by atoms with E-state index in [0.29, 0.717) is 24.2 Å². The molecule has 0 spiro atoms. The van der Waals surface area contributed by atoms with Crippen LogP contribution in [-0.4, -0.2) is 116 Å². The van der Waals surface area contributed by atoms with E-state index in [4.69, 9.17) is 37.4 Å². The minimum absolute atomic E-state index is 0.0335. The van der Waals surface area contributed by atoms with Crippen LogP contribution in [0.5, 0.6) is 0 Å². The molecule has 2 fully saturated rings. The number of aromatic nitrogens is 7. The maximum atomic E-state index is 10.5. The number of nitrogens with zero attached hydrogens (tertiary/aromatic N) is 7. The molecule has 8 rings (SSSR count). The van der Waals surface area contributed by atoms with Gasteiger partial charge in [0.25, 0.3) is 0 Å². The molecule has 0 radical (unpaired) electrons. The maximum Gasteiger partial charge on any atom is 0.109 e. The summed E-state index contributed by atoms with van der Waals surface area (Å²) < 4.78 is 15.0. The van der Waals surface area contributed by atoms with Crippen LogP contribution in [0, 0.1) is 0 Å². The summed E-state index contributed by atoms with van der Waals surface area (Å²) in [7, 11) is 0. The molecule has 17 nitrogen and oxygen atoms in total. The van der Waals surface area contributed by atoms with Gasteiger partial charge in [0, 0.05) is 40.5 Å². The summed E-state index contributed by atoms with van der Waals surface area (Å²) in [6, 6.07) is 19.5. The molecule has 2 saturated carbocycles. The SMILES string of the molecule is N[C@@H]1C[C@H](N)[C@@H](OCc2cn(-c3ccc4c(c3)nc(-c3ccccc3)c3cc(-n5cc(CO[C@H]6[C@H](O)[C@@H](O)[C@H](N)C[C@@H]6N)nn5)ccc34)nn2)[C@H](O)[C@H]1O. The van der Waals surface area contributed by atoms with Crippen molar-refractivity contribution < 1.29 is 29.9 Å². The van der Waals surface area contributed by atoms with Crippen LogP contribution in [0.3, 0.4) is 0 Å². The minimum Gasteiger partial charge on any atom is -0.389 e. The van der Waals surface area contributed by atoms with Crippen molar-refractivity contribution in [2.75, 3.05) is 0 Å². The molecule has 17 heteroatoms. The first kappa shape index (κ1) is 36.2. The second-order valence-electron chi connectivity index (χ2n) is 14.2. The van der Waals surface area contributed by atoms with Crippen LogP contribution in [0.2, 0.25) is 0 Å². The molecule has 0 unspecified atom stereocenters. The zero-order valence-electron chi connectivity index (χ0n) is 29.2. The molecular weight excluding hydrogens is 694 g/mol. The summed E-state index contributed by atoms with van der Waals surface area (Å²) >= 11 is 0. The summed E-state index contributed by atoms with van der Waals surface area (Å²) in [5, 5.41) is 61.3. The third-order valence-corrected chi connectivity index (χ3v) is 10.5. The van der Waals surface area contributed by atoms with Crippen LogP contribution < -0.4 is 22.9 Å². The van der Waals surface area contributed by atoms with E-state index in [2.05, 4.69) is 20.6 Å². The van der Waals surface area contributed by atoms with Crippen LogP contribution in [0.4, 0.5) is 0 Å². The number of ether oxygens (including phenoxy) is 2. The number of hydrogen-bond acceptors (Lipinski definition) is 15. The molecule has 2 aliphatic rings. The molecule has 0 aliphatic heterocycles. The summed E-state index contributed by atoms with van der Waals surface area (Å²) in [5.74, 6) is 0. The van der Waals surface area contributed by atoms with E-state index >= 15 is 0 Å². The van der Waals surface area contributed by atoms with Crippen LogP contribution in [0.25, 0.3) is 44.3 Å². The highest BCUT2D eigenvalue weighted by molar-refractivity contribution is 6.11. The monoisotopic (exact) mass is 737 g/mol. The Hall–Kier alpha value is -4.79. The van der Waals surface area contributed by atoms with Gasteiger partial charge < -0.3 is 52.8 Å². The Kier molecular flexibility index (Phi) is 9.92. The lowest BCUT2D eigenvalue weighted by Gasteiger charge is -2.39. The molecule has 2 aliphatic carbocycles. The zero-order chi connectivity index (χ0) is 37.7. The van der Waals surface area contributed by atoms with Crippen LogP contribution in [0.15, 0.2) is 79.1 Å². The summed E-state index contributed by atoms with van der Waals surface area (Å²) in [6.07, 6.45) is -2.13. The minimum atomic E-state index is -1.21. The third-order valence-electron chi connectivity index (χ3n) is 10.5. The van der Waals surface area contributed by atoms with Crippen molar-refractivity contribution in [2.45, 2.75) is 86.8 Å². The summed E-state index contributed by atoms with van der Waals surface area (Å²) in [6.45, 7) is 0.0674. The molecule has 54 heavy (non-hydrogen) atoms. The molecular formula is C37H43N11O6. The average molecular weight is 738 g/mol. The topological polar surface area (TPSA) is 278 Å². The van der Waals surface area contributed by atoms with E-state index < -0.39 is 60.8 Å². The Morgan fingerprint density at radius 3 is 1.67 bits per heavy atom. The van der Waals surface area contributed by atoms with E-state index in [9.17, 15) is 20.4 Å². The first-order chi connectivity index (χ1) is 26.0. The first-order valence-corrected chi connectivity index (χ1v) is 17.8. The maximum absolute atomic E-state index is 10.5. The highest BCUT2D eigenvalue weighted by Crippen LogP contribution is 2.35. The fourth-order valence-electron chi connectivity index (χ4n) is 7.45. The van der Waals surface area contributed by atoms with E-state index in [0.717, 1.165) is 44.3 Å². The standard InChI is InChI=1S/C37H43N11O6/c38-26-12-28(40)36(34(51)32(26)49)53-16-19-14-47(45-43-19)21-6-8-23-24-9-7-22(11-30(24)42-31(25(23)10-21)18-4-2-1-3-5-18)48-15-20(44-46-48)17-54-37-29(41)13-27(39)33(50)35(37)52/h1-11,14-15,26-29,32-37,49-52H,12-13,16-17,38-41H2/t26-,27-,28+,29+,32+,33+,34-,35-,36-,37-/m1/s1. The number of pyridine rings is 1. The summed E-state index contributed by atoms with van der Waals surface area (Å²) in [4.78, 5) is 5.15. The van der Waals surface area contributed by atoms with Crippen molar-refractivity contribution in [1.82, 2.24) is 35.0 Å². The van der Waals surface area contributed by atoms with Gasteiger partial charge in [-0.25, -0.2) is 14.3 Å². The molecule has 10 atom stereocenters. The smallest absolute Gasteiger partial charge is 0.109 e. The van der Waals surface area contributed by atoms with E-state index in [-0.39, 0.29) is 13.2 Å². The van der Waals surface area contributed by atoms with Gasteiger partial charge in [-0.05, 0) is 42.5 Å². The van der Waals surface area contributed by atoms with Crippen molar-refractivity contribution in [3.8, 4) is 22.6 Å². The Morgan fingerprint density at radius 2 is 1.11 bits per heavy atom. The molecule has 282 valence electrons. The van der Waals surface area contributed by atoms with Gasteiger partial charge in [-0.2, -0.15) is 0 Å². The third kappa shape index (κ3) is 6.86. The predicted octanol–water partition coefficient (Wildman–Crippen LogP) is -0.453. The average Bonchev–Trinajstić information content (AvgIpc) is 3.86. The van der Waals surface area contributed by atoms with Gasteiger partial charge in [0.15, 0.2) is 0 Å². The van der Waals surface area contributed by atoms with E-state index in [1.54, 1.807) is 21.8 Å². The largest absolute Gasteiger partial charge is 0.389 e. The molecule has 12 N–H and O–H groups in total. The second kappa shape index (κ2) is 14.8. The second-order valence-corrected chi connectivity index (χ2v) is 14.2. The fourth-order valence-corrected chi connectivity index (χ4v) is 7.45. The number of hydrogen-bond donors (Lipinski definition) is 8. The molecule has 0 amide bonds. The van der Waals surface area contributed by atoms with Crippen LogP contribution >= 0.6 is 0 Å². The number of benzene rings is 3. The first-order valence-electron chi connectivity index (χ1n) is 17.8. The van der Waals surface area contributed by atoms with Gasteiger partial charge in [0.2, 0.25) is 0 Å². The van der Waals surface area contributed by atoms with Crippen molar-refractivity contribution >= 4 is 21.7 Å². The lowest BCUT2D eigenvalue weighted by Crippen LogP contribution is -2.61. The number of aliphatic hydroxyl groups excluding tert-OH is 4. The number of nitrogens with two attached hydrogens (primary N) is 4. The summed E-state index contributed by atoms with van der Waals surface area (Å²) in [5.41, 5.74) is 29.1. The Bertz CT molecular complexity index is 2250. The number of aliphatic hydroxyl groups is 4. The van der Waals surface area contributed by atoms with E-state index in [1.807, 2.05) is 66.7 Å². The number of fused-ring (bicyclic) bond motifs is 3. The van der Waals surface area contributed by atoms with E-state index in [1.165, 1.54) is 0 Å². The highest BCUT2D eigenvalue weighted by atomic mass is 16.5. The molecule has 3 aromatic carbocycles. The molecule has 0 bridgehead atoms. The zero-order valence-corrected chi connectivity index (χ0v) is 29.2. The normalized spacial score (nSPS) is 28.9. The lowest BCUT2D eigenvalue weighted by molar-refractivity contribution is -0.132. The van der Waals surface area contributed by atoms with Gasteiger partial charge in [0.1, 0.15) is 35.8 Å². The molecule has 3 heterocycles. The van der Waals surface area contributed by atoms with Gasteiger partial charge in [-0.1, -0.05) is 52.9 Å². The fraction of sp³-hybridized carbons (Fsp3) is 0.378. The number of rotatable bonds is 9. The van der Waals surface area contributed by atoms with Crippen molar-refractivity contribution in [1.29, 1.82) is 0 Å². The van der Waals surface area contributed by atoms with Gasteiger partial charge in [-0.15, -0.1) is 10.2 Å². The van der Waals surface area contributed by atoms with Crippen molar-refractivity contribution in [3.63, 3.8) is 0 Å². The predicted molar refractivity (Wildman–Crippen MR) is 197 cm³/mol. The molecule has 0 saturated heterocycles.